The van der Waals surface area contributed by atoms with Crippen molar-refractivity contribution in [3.8, 4) is 0 Å². The number of carboxylic acid groups (broad SMARTS) is 1. The number of nitrogens with one attached hydrogen (secondary N) is 1. The number of benzene rings is 2. The van der Waals surface area contributed by atoms with E-state index in [-0.39, 0.29) is 18.0 Å². The van der Waals surface area contributed by atoms with Crippen molar-refractivity contribution in [3.63, 3.8) is 0 Å². The molecule has 1 aromatic heterocycles. The second-order valence-corrected chi connectivity index (χ2v) is 11.2. The van der Waals surface area contributed by atoms with Crippen LogP contribution in [0.5, 0.6) is 0 Å². The number of anilines is 1. The standard InChI is InChI=1S/C31H40N4O4/c36-28(37)16-5-2-9-21-33-23-35(25-12-3-1-4-13-25)31(29(33)38)19-17-24(18-20-31)11-8-10-22-34-27-15-7-6-14-26(27)32-30(34)39/h1,3-4,6-7,12-15,24H,2,5,8-11,16-23H2,(H,32,39)(H,36,37). The number of carbonyl (C=O) groups is 2. The van der Waals surface area contributed by atoms with Crippen molar-refractivity contribution in [1.82, 2.24) is 14.5 Å². The Morgan fingerprint density at radius 1 is 0.897 bits per heavy atom. The van der Waals surface area contributed by atoms with E-state index in [1.807, 2.05) is 51.9 Å². The Labute approximate surface area is 229 Å². The van der Waals surface area contributed by atoms with Gasteiger partial charge in [-0.2, -0.15) is 0 Å². The second kappa shape index (κ2) is 12.1. The number of aromatic nitrogens is 2. The number of imidazole rings is 1. The molecule has 1 saturated heterocycles. The van der Waals surface area contributed by atoms with Crippen LogP contribution in [-0.4, -0.2) is 50.2 Å². The average molecular weight is 533 g/mol. The molecule has 2 fully saturated rings. The molecule has 8 nitrogen and oxygen atoms in total. The van der Waals surface area contributed by atoms with Crippen LogP contribution in [0.1, 0.15) is 70.6 Å². The van der Waals surface area contributed by atoms with Gasteiger partial charge < -0.3 is 19.9 Å². The fraction of sp³-hybridized carbons (Fsp3) is 0.516. The van der Waals surface area contributed by atoms with Gasteiger partial charge in [-0.15, -0.1) is 0 Å². The van der Waals surface area contributed by atoms with Crippen molar-refractivity contribution < 1.29 is 14.7 Å². The molecule has 208 valence electrons. The Kier molecular flexibility index (Phi) is 8.38. The van der Waals surface area contributed by atoms with Crippen molar-refractivity contribution >= 4 is 28.6 Å². The number of para-hydroxylation sites is 3. The number of H-pyrrole nitrogens is 1. The van der Waals surface area contributed by atoms with Crippen LogP contribution in [-0.2, 0) is 16.1 Å². The maximum atomic E-state index is 13.8. The number of carbonyl (C=O) groups excluding carboxylic acids is 1. The van der Waals surface area contributed by atoms with Crippen molar-refractivity contribution in [2.75, 3.05) is 18.1 Å². The summed E-state index contributed by atoms with van der Waals surface area (Å²) >= 11 is 0. The van der Waals surface area contributed by atoms with Crippen molar-refractivity contribution in [3.05, 3.63) is 65.1 Å². The monoisotopic (exact) mass is 532 g/mol. The number of hydrogen-bond acceptors (Lipinski definition) is 4. The van der Waals surface area contributed by atoms with Crippen molar-refractivity contribution in [1.29, 1.82) is 0 Å². The number of rotatable bonds is 12. The molecule has 5 rings (SSSR count). The average Bonchev–Trinajstić information content (AvgIpc) is 3.41. The number of fused-ring (bicyclic) bond motifs is 1. The highest BCUT2D eigenvalue weighted by atomic mass is 16.4. The summed E-state index contributed by atoms with van der Waals surface area (Å²) in [5.41, 5.74) is 2.44. The predicted octanol–water partition coefficient (Wildman–Crippen LogP) is 5.38. The molecule has 39 heavy (non-hydrogen) atoms. The molecule has 3 aromatic rings. The smallest absolute Gasteiger partial charge is 0.326 e. The molecule has 2 aromatic carbocycles. The molecule has 1 aliphatic heterocycles. The number of hydrogen-bond donors (Lipinski definition) is 2. The molecule has 8 heteroatoms. The molecule has 0 radical (unpaired) electrons. The van der Waals surface area contributed by atoms with Crippen LogP contribution in [0, 0.1) is 5.92 Å². The first kappa shape index (κ1) is 27.0. The zero-order valence-corrected chi connectivity index (χ0v) is 22.7. The summed E-state index contributed by atoms with van der Waals surface area (Å²) in [4.78, 5) is 44.2. The fourth-order valence-corrected chi connectivity index (χ4v) is 6.60. The third-order valence-electron chi connectivity index (χ3n) is 8.76. The minimum atomic E-state index is -0.759. The molecule has 1 amide bonds. The Balaban J connectivity index is 1.16. The third-order valence-corrected chi connectivity index (χ3v) is 8.76. The van der Waals surface area contributed by atoms with Gasteiger partial charge in [-0.1, -0.05) is 49.6 Å². The van der Waals surface area contributed by atoms with E-state index < -0.39 is 11.5 Å². The van der Waals surface area contributed by atoms with E-state index >= 15 is 0 Å². The first-order chi connectivity index (χ1) is 19.0. The highest BCUT2D eigenvalue weighted by Gasteiger charge is 2.53. The van der Waals surface area contributed by atoms with E-state index in [9.17, 15) is 14.4 Å². The van der Waals surface area contributed by atoms with Gasteiger partial charge in [-0.3, -0.25) is 14.2 Å². The van der Waals surface area contributed by atoms with E-state index in [1.54, 1.807) is 0 Å². The van der Waals surface area contributed by atoms with Gasteiger partial charge in [0.15, 0.2) is 0 Å². The van der Waals surface area contributed by atoms with Crippen LogP contribution < -0.4 is 10.6 Å². The highest BCUT2D eigenvalue weighted by molar-refractivity contribution is 5.93. The van der Waals surface area contributed by atoms with Gasteiger partial charge in [-0.05, 0) is 75.1 Å². The lowest BCUT2D eigenvalue weighted by Gasteiger charge is -2.42. The fourth-order valence-electron chi connectivity index (χ4n) is 6.60. The van der Waals surface area contributed by atoms with Crippen molar-refractivity contribution in [2.45, 2.75) is 82.7 Å². The van der Waals surface area contributed by atoms with Crippen LogP contribution in [0.4, 0.5) is 5.69 Å². The SMILES string of the molecule is O=C(O)CCCCCN1CN(c2ccccc2)C2(CCC(CCCCn3c(=O)[nH]c4ccccc43)CC2)C1=O. The maximum Gasteiger partial charge on any atom is 0.326 e. The highest BCUT2D eigenvalue weighted by Crippen LogP contribution is 2.44. The number of aryl methyl sites for hydroxylation is 1. The molecule has 1 saturated carbocycles. The molecular formula is C31H40N4O4. The number of aliphatic carboxylic acids is 1. The molecule has 2 N–H and O–H groups in total. The Morgan fingerprint density at radius 3 is 2.38 bits per heavy atom. The molecule has 2 heterocycles. The quantitative estimate of drug-likeness (QED) is 0.305. The summed E-state index contributed by atoms with van der Waals surface area (Å²) in [6, 6.07) is 18.1. The first-order valence-electron chi connectivity index (χ1n) is 14.5. The van der Waals surface area contributed by atoms with Gasteiger partial charge in [0.1, 0.15) is 5.54 Å². The zero-order chi connectivity index (χ0) is 27.2. The summed E-state index contributed by atoms with van der Waals surface area (Å²) in [5, 5.41) is 8.89. The number of amides is 1. The van der Waals surface area contributed by atoms with E-state index in [0.29, 0.717) is 25.6 Å². The van der Waals surface area contributed by atoms with Crippen molar-refractivity contribution in [2.24, 2.45) is 5.92 Å². The zero-order valence-electron chi connectivity index (χ0n) is 22.7. The third kappa shape index (κ3) is 5.89. The topological polar surface area (TPSA) is 98.6 Å². The number of carboxylic acids is 1. The van der Waals surface area contributed by atoms with E-state index in [1.165, 1.54) is 0 Å². The van der Waals surface area contributed by atoms with Gasteiger partial charge in [0.25, 0.3) is 0 Å². The maximum absolute atomic E-state index is 13.8. The van der Waals surface area contributed by atoms with E-state index in [4.69, 9.17) is 5.11 Å². The van der Waals surface area contributed by atoms with Crippen LogP contribution in [0.3, 0.4) is 0 Å². The van der Waals surface area contributed by atoms with Crippen LogP contribution in [0.15, 0.2) is 59.4 Å². The summed E-state index contributed by atoms with van der Waals surface area (Å²) in [7, 11) is 0. The Hall–Kier alpha value is -3.55. The Bertz CT molecular complexity index is 1320. The first-order valence-corrected chi connectivity index (χ1v) is 14.5. The molecule has 1 spiro atoms. The lowest BCUT2D eigenvalue weighted by atomic mass is 9.74. The minimum Gasteiger partial charge on any atom is -0.481 e. The predicted molar refractivity (Wildman–Crippen MR) is 153 cm³/mol. The lowest BCUT2D eigenvalue weighted by molar-refractivity contribution is -0.137. The van der Waals surface area contributed by atoms with E-state index in [2.05, 4.69) is 22.0 Å². The molecule has 0 bridgehead atoms. The van der Waals surface area contributed by atoms with Gasteiger partial charge in [0.05, 0.1) is 17.7 Å². The molecule has 0 atom stereocenters. The van der Waals surface area contributed by atoms with Crippen LogP contribution in [0.2, 0.25) is 0 Å². The number of nitrogens with zero attached hydrogens (tertiary/aromatic N) is 3. The van der Waals surface area contributed by atoms with Gasteiger partial charge in [0.2, 0.25) is 5.91 Å². The minimum absolute atomic E-state index is 0.0389. The summed E-state index contributed by atoms with van der Waals surface area (Å²) in [5.74, 6) is 0.0812. The molecule has 1 aliphatic carbocycles. The second-order valence-electron chi connectivity index (χ2n) is 11.2. The largest absolute Gasteiger partial charge is 0.481 e. The number of unbranched alkanes of at least 4 members (excludes halogenated alkanes) is 3. The summed E-state index contributed by atoms with van der Waals surface area (Å²) < 4.78 is 1.84. The lowest BCUT2D eigenvalue weighted by Crippen LogP contribution is -2.51. The number of aromatic amines is 1. The van der Waals surface area contributed by atoms with Crippen LogP contribution in [0.25, 0.3) is 11.0 Å². The molecule has 2 aliphatic rings. The van der Waals surface area contributed by atoms with Crippen LogP contribution >= 0.6 is 0 Å². The van der Waals surface area contributed by atoms with Gasteiger partial charge in [0, 0.05) is 25.2 Å². The molecule has 0 unspecified atom stereocenters. The van der Waals surface area contributed by atoms with E-state index in [0.717, 1.165) is 81.1 Å². The summed E-state index contributed by atoms with van der Waals surface area (Å²) in [6.07, 6.45) is 9.46. The Morgan fingerprint density at radius 2 is 1.62 bits per heavy atom. The normalized spacial score (nSPS) is 21.3. The molecular weight excluding hydrogens is 492 g/mol. The van der Waals surface area contributed by atoms with Gasteiger partial charge >= 0.3 is 11.7 Å². The van der Waals surface area contributed by atoms with Gasteiger partial charge in [-0.25, -0.2) is 4.79 Å². The summed E-state index contributed by atoms with van der Waals surface area (Å²) in [6.45, 7) is 2.01.